The molecule has 0 aromatic carbocycles. The number of aliphatic carboxylic acids is 1. The number of ether oxygens (including phenoxy) is 2. The zero-order chi connectivity index (χ0) is 31.4. The van der Waals surface area contributed by atoms with Crippen molar-refractivity contribution in [2.24, 2.45) is 11.8 Å². The number of hydrogen-bond donors (Lipinski definition) is 5. The van der Waals surface area contributed by atoms with Gasteiger partial charge in [0.05, 0.1) is 38.0 Å². The van der Waals surface area contributed by atoms with Crippen LogP contribution in [0.4, 0.5) is 0 Å². The lowest BCUT2D eigenvalue weighted by Crippen LogP contribution is -2.31. The summed E-state index contributed by atoms with van der Waals surface area (Å²) in [7, 11) is 0. The van der Waals surface area contributed by atoms with Crippen LogP contribution in [-0.2, 0) is 14.3 Å². The highest BCUT2D eigenvalue weighted by Gasteiger charge is 2.13. The summed E-state index contributed by atoms with van der Waals surface area (Å²) in [5.41, 5.74) is 0. The van der Waals surface area contributed by atoms with E-state index in [0.29, 0.717) is 6.61 Å². The maximum Gasteiger partial charge on any atom is 0.0862 e. The van der Waals surface area contributed by atoms with Crippen LogP contribution in [-0.4, -0.2) is 62.9 Å². The Hall–Kier alpha value is -0.930. The number of aliphatic hydroxyl groups excluding tert-OH is 1. The normalized spacial score (nSPS) is 10.9. The summed E-state index contributed by atoms with van der Waals surface area (Å²) >= 11 is 0. The molecule has 0 heterocycles. The number of carbonyl (C=O) groups excluding carboxylic acids is 1. The Morgan fingerprint density at radius 2 is 0.909 bits per heavy atom. The van der Waals surface area contributed by atoms with Gasteiger partial charge >= 0.3 is 0 Å². The molecule has 44 heavy (non-hydrogen) atoms. The van der Waals surface area contributed by atoms with E-state index >= 15 is 0 Å². The topological polar surface area (TPSA) is 294 Å². The van der Waals surface area contributed by atoms with Crippen LogP contribution in [0.2, 0.25) is 0 Å². The van der Waals surface area contributed by atoms with Gasteiger partial charge in [0.25, 0.3) is 0 Å². The number of carbonyl (C=O) groups is 1. The number of rotatable bonds is 23. The molecule has 12 heteroatoms. The lowest BCUT2D eigenvalue weighted by molar-refractivity contribution is -0.362. The molecule has 2 atom stereocenters. The molecular formula is C32H82N4O8. The van der Waals surface area contributed by atoms with Crippen molar-refractivity contribution in [3.8, 4) is 0 Å². The van der Waals surface area contributed by atoms with Crippen molar-refractivity contribution >= 4 is 5.97 Å². The summed E-state index contributed by atoms with van der Waals surface area (Å²) in [6.45, 7) is 13.9. The van der Waals surface area contributed by atoms with Crippen molar-refractivity contribution in [1.29, 1.82) is 0 Å². The van der Waals surface area contributed by atoms with E-state index in [1.165, 1.54) is 51.4 Å². The molecule has 0 radical (unpaired) electrons. The standard InChI is InChI=1S/C26H52O5.3C2H5O.4H3N/c1-22(2)15-11-7-5-9-13-17-24(27)19-31-25(20-30-21-26(28)29)18-14-10-6-8-12-16-23(3)4;3*1-2-3;;;;/h22-25,27H,5-21H2,1-4H3,(H,28,29);3*2H2,1H3;4*1H3/q;3*-1;;;;/p+3. The van der Waals surface area contributed by atoms with Gasteiger partial charge in [-0.2, -0.15) is 0 Å². The maximum atomic E-state index is 10.6. The monoisotopic (exact) mass is 651 g/mol. The van der Waals surface area contributed by atoms with E-state index in [0.717, 1.165) is 50.4 Å². The fourth-order valence-corrected chi connectivity index (χ4v) is 3.74. The second-order valence-electron chi connectivity index (χ2n) is 10.8. The van der Waals surface area contributed by atoms with E-state index in [-0.39, 0.29) is 57.1 Å². The minimum absolute atomic E-state index is 0. The molecule has 0 aromatic rings. The third-order valence-corrected chi connectivity index (χ3v) is 5.67. The highest BCUT2D eigenvalue weighted by Crippen LogP contribution is 2.15. The number of aliphatic hydroxyl groups is 1. The average molecular weight is 651 g/mol. The fraction of sp³-hybridized carbons (Fsp3) is 0.969. The molecule has 2 unspecified atom stereocenters. The molecule has 278 valence electrons. The third kappa shape index (κ3) is 72.9. The summed E-state index contributed by atoms with van der Waals surface area (Å²) in [6, 6.07) is 0. The lowest BCUT2D eigenvalue weighted by atomic mass is 10.0. The van der Waals surface area contributed by atoms with Gasteiger partial charge in [-0.1, -0.05) is 126 Å². The van der Waals surface area contributed by atoms with Gasteiger partial charge in [-0.15, -0.1) is 19.8 Å². The van der Waals surface area contributed by atoms with E-state index in [2.05, 4.69) is 27.7 Å². The molecule has 0 spiro atoms. The number of unbranched alkanes of at least 4 members (excludes halogenated alkanes) is 8. The zero-order valence-electron chi connectivity index (χ0n) is 31.3. The van der Waals surface area contributed by atoms with Gasteiger partial charge in [0, 0.05) is 0 Å². The van der Waals surface area contributed by atoms with Gasteiger partial charge in [-0.25, -0.2) is 0 Å². The first-order valence-electron chi connectivity index (χ1n) is 15.9. The van der Waals surface area contributed by atoms with Gasteiger partial charge in [0.2, 0.25) is 0 Å². The molecule has 0 saturated carbocycles. The number of carboxylic acid groups (broad SMARTS) is 1. The van der Waals surface area contributed by atoms with Crippen molar-refractivity contribution in [2.45, 2.75) is 151 Å². The Labute approximate surface area is 272 Å². The van der Waals surface area contributed by atoms with E-state index in [1.807, 2.05) is 0 Å². The predicted octanol–water partition coefficient (Wildman–Crippen LogP) is 4.88. The van der Waals surface area contributed by atoms with Crippen LogP contribution in [0.25, 0.3) is 0 Å². The van der Waals surface area contributed by atoms with Gasteiger partial charge in [-0.3, -0.25) is 0 Å². The van der Waals surface area contributed by atoms with Crippen LogP contribution in [0.3, 0.4) is 0 Å². The second-order valence-corrected chi connectivity index (χ2v) is 10.8. The van der Waals surface area contributed by atoms with E-state index in [9.17, 15) is 15.0 Å². The Morgan fingerprint density at radius 3 is 1.25 bits per heavy atom. The minimum Gasteiger partial charge on any atom is -0.855 e. The molecule has 17 N–H and O–H groups in total. The first kappa shape index (κ1) is 62.0. The van der Waals surface area contributed by atoms with Crippen LogP contribution in [0.1, 0.15) is 138 Å². The lowest BCUT2D eigenvalue weighted by Gasteiger charge is -2.20. The van der Waals surface area contributed by atoms with Gasteiger partial charge < -0.3 is 64.4 Å². The highest BCUT2D eigenvalue weighted by molar-refractivity contribution is 5.65. The quantitative estimate of drug-likeness (QED) is 0.0947. The molecule has 0 fully saturated rings. The van der Waals surface area contributed by atoms with Crippen molar-refractivity contribution in [1.82, 2.24) is 24.6 Å². The second kappa shape index (κ2) is 54.5. The largest absolute Gasteiger partial charge is 0.855 e. The van der Waals surface area contributed by atoms with E-state index < -0.39 is 18.7 Å². The molecule has 12 nitrogen and oxygen atoms in total. The number of quaternary nitrogens is 4. The molecule has 0 aromatic heterocycles. The number of hydrogen-bond acceptors (Lipinski definition) is 8. The van der Waals surface area contributed by atoms with Crippen LogP contribution < -0.4 is 45.0 Å². The van der Waals surface area contributed by atoms with Gasteiger partial charge in [0.1, 0.15) is 0 Å². The average Bonchev–Trinajstić information content (AvgIpc) is 2.86. The van der Waals surface area contributed by atoms with Crippen LogP contribution in [0, 0.1) is 11.8 Å². The molecule has 0 aliphatic rings. The fourth-order valence-electron chi connectivity index (χ4n) is 3.74. The summed E-state index contributed by atoms with van der Waals surface area (Å²) in [5.74, 6) is 0.347. The molecule has 0 amide bonds. The van der Waals surface area contributed by atoms with Crippen molar-refractivity contribution in [3.63, 3.8) is 0 Å². The Balaban J connectivity index is -0.000000147. The molecule has 0 saturated heterocycles. The van der Waals surface area contributed by atoms with Crippen LogP contribution in [0.5, 0.6) is 0 Å². The van der Waals surface area contributed by atoms with E-state index in [1.54, 1.807) is 20.8 Å². The Bertz CT molecular complexity index is 461. The van der Waals surface area contributed by atoms with Crippen LogP contribution in [0.15, 0.2) is 0 Å². The first-order chi connectivity index (χ1) is 19.1. The van der Waals surface area contributed by atoms with Crippen molar-refractivity contribution in [3.05, 3.63) is 0 Å². The molecule has 0 aliphatic heterocycles. The summed E-state index contributed by atoms with van der Waals surface area (Å²) in [5, 5.41) is 47.6. The highest BCUT2D eigenvalue weighted by atomic mass is 16.5. The molecular weight excluding hydrogens is 568 g/mol. The zero-order valence-corrected chi connectivity index (χ0v) is 31.3. The Kier molecular flexibility index (Phi) is 76.8. The van der Waals surface area contributed by atoms with Crippen molar-refractivity contribution < 1.29 is 39.8 Å². The smallest absolute Gasteiger partial charge is 0.0862 e. The summed E-state index contributed by atoms with van der Waals surface area (Å²) < 4.78 is 11.1. The summed E-state index contributed by atoms with van der Waals surface area (Å²) in [4.78, 5) is 10.6. The summed E-state index contributed by atoms with van der Waals surface area (Å²) in [6.07, 6.45) is 15.5. The van der Waals surface area contributed by atoms with Gasteiger partial charge in [-0.05, 0) is 24.7 Å². The minimum atomic E-state index is -1.21. The molecule has 0 aliphatic carbocycles. The SMILES string of the molecule is CC(C)CCCCCCCC(O)COC(CCCCCCCC(C)C)COCC(=O)[O-].CC[O-].CC[O-].CC[O-].[NH4+].[NH4+].[NH4+].[NH4+]. The Morgan fingerprint density at radius 1 is 0.591 bits per heavy atom. The van der Waals surface area contributed by atoms with Crippen LogP contribution >= 0.6 is 0 Å². The first-order valence-corrected chi connectivity index (χ1v) is 15.9. The number of carboxylic acids is 1. The van der Waals surface area contributed by atoms with Gasteiger partial charge in [0.15, 0.2) is 0 Å². The maximum absolute atomic E-state index is 10.6. The third-order valence-electron chi connectivity index (χ3n) is 5.67. The predicted molar refractivity (Wildman–Crippen MR) is 181 cm³/mol. The van der Waals surface area contributed by atoms with Crippen molar-refractivity contribution in [2.75, 3.05) is 39.6 Å². The molecule has 0 bridgehead atoms. The molecule has 0 rings (SSSR count). The van der Waals surface area contributed by atoms with E-state index in [4.69, 9.17) is 24.8 Å².